The number of nitrogens with two attached hydrogens (primary N) is 1. The Kier molecular flexibility index (Phi) is 12.9. The lowest BCUT2D eigenvalue weighted by Crippen LogP contribution is -2.49. The standard InChI is InChI=1S/C50H53ClF2N8O7/c1-27-40-37(24-35(52)43(51)42(40)41-33(46(54)64)16-17-36(67-3)44(41)53)68-50(27,30-8-5-4-6-9-30)26-56-31-14-12-29(13-15-31)48(65)55-25-39(63)60-21-18-28(19-22-60)32-10-7-11-34-45(32)59(2)58-47(34)61-23-20-38(62)57-49(61)66/h4-11,16-17,24,27-29,31,56H,12-15,18-23,25-26H2,1-3H3,(H2,54,64)(H,55,65)(H,57,62,66). The molecular weight excluding hydrogens is 898 g/mol. The van der Waals surface area contributed by atoms with E-state index in [-0.39, 0.29) is 94.9 Å². The van der Waals surface area contributed by atoms with Crippen LogP contribution in [0.4, 0.5) is 19.4 Å². The third-order valence-electron chi connectivity index (χ3n) is 14.4. The van der Waals surface area contributed by atoms with E-state index < -0.39 is 35.1 Å². The van der Waals surface area contributed by atoms with Gasteiger partial charge in [0.05, 0.1) is 29.8 Å². The molecule has 18 heteroatoms. The molecule has 3 fully saturated rings. The number of aryl methyl sites for hydroxylation is 1. The minimum Gasteiger partial charge on any atom is -0.494 e. The summed E-state index contributed by atoms with van der Waals surface area (Å²) in [5, 5.41) is 14.1. The van der Waals surface area contributed by atoms with Crippen LogP contribution in [0.5, 0.6) is 11.5 Å². The van der Waals surface area contributed by atoms with Gasteiger partial charge in [0.15, 0.2) is 23.0 Å². The number of carbonyl (C=O) groups excluding carboxylic acids is 5. The number of likely N-dealkylation sites (tertiary alicyclic amines) is 1. The highest BCUT2D eigenvalue weighted by atomic mass is 35.5. The van der Waals surface area contributed by atoms with E-state index in [4.69, 9.17) is 26.8 Å². The first-order valence-corrected chi connectivity index (χ1v) is 23.4. The van der Waals surface area contributed by atoms with Gasteiger partial charge < -0.3 is 30.7 Å². The summed E-state index contributed by atoms with van der Waals surface area (Å²) >= 11 is 6.67. The average Bonchev–Trinajstić information content (AvgIpc) is 3.83. The Hall–Kier alpha value is -6.59. The molecule has 356 valence electrons. The number of benzene rings is 4. The van der Waals surface area contributed by atoms with Gasteiger partial charge in [-0.3, -0.25) is 34.1 Å². The van der Waals surface area contributed by atoms with Gasteiger partial charge >= 0.3 is 6.03 Å². The maximum absolute atomic E-state index is 16.2. The third kappa shape index (κ3) is 8.39. The van der Waals surface area contributed by atoms with Gasteiger partial charge in [-0.15, -0.1) is 0 Å². The fourth-order valence-corrected chi connectivity index (χ4v) is 11.0. The lowest BCUT2D eigenvalue weighted by Gasteiger charge is -2.37. The molecule has 0 radical (unpaired) electrons. The van der Waals surface area contributed by atoms with E-state index in [2.05, 4.69) is 27.1 Å². The largest absolute Gasteiger partial charge is 0.494 e. The van der Waals surface area contributed by atoms with Gasteiger partial charge in [0, 0.05) is 85.7 Å². The molecule has 2 saturated heterocycles. The number of anilines is 1. The number of imide groups is 1. The van der Waals surface area contributed by atoms with Gasteiger partial charge in [0.1, 0.15) is 11.6 Å². The molecular formula is C50H53ClF2N8O7. The number of hydrogen-bond acceptors (Lipinski definition) is 9. The molecule has 2 atom stereocenters. The molecule has 68 heavy (non-hydrogen) atoms. The predicted octanol–water partition coefficient (Wildman–Crippen LogP) is 6.79. The molecule has 5 aromatic rings. The van der Waals surface area contributed by atoms with Crippen molar-refractivity contribution in [3.63, 3.8) is 0 Å². The van der Waals surface area contributed by atoms with E-state index in [9.17, 15) is 24.0 Å². The first-order chi connectivity index (χ1) is 32.7. The van der Waals surface area contributed by atoms with Crippen LogP contribution in [0.15, 0.2) is 66.7 Å². The van der Waals surface area contributed by atoms with Gasteiger partial charge in [-0.05, 0) is 73.8 Å². The molecule has 4 aliphatic rings. The van der Waals surface area contributed by atoms with Crippen LogP contribution in [-0.4, -0.2) is 90.2 Å². The van der Waals surface area contributed by atoms with Crippen LogP contribution in [0, 0.1) is 17.6 Å². The Morgan fingerprint density at radius 3 is 2.40 bits per heavy atom. The number of carbonyl (C=O) groups is 5. The Morgan fingerprint density at radius 1 is 0.971 bits per heavy atom. The summed E-state index contributed by atoms with van der Waals surface area (Å²) in [6, 6.07) is 18.7. The smallest absolute Gasteiger partial charge is 0.329 e. The molecule has 6 amide bonds. The molecule has 1 aliphatic carbocycles. The van der Waals surface area contributed by atoms with E-state index in [1.165, 1.54) is 30.2 Å². The first kappa shape index (κ1) is 46.5. The summed E-state index contributed by atoms with van der Waals surface area (Å²) < 4.78 is 45.7. The van der Waals surface area contributed by atoms with Crippen LogP contribution in [0.1, 0.15) is 90.8 Å². The van der Waals surface area contributed by atoms with E-state index in [0.29, 0.717) is 50.2 Å². The molecule has 2 unspecified atom stereocenters. The zero-order chi connectivity index (χ0) is 48.0. The van der Waals surface area contributed by atoms with Crippen LogP contribution in [-0.2, 0) is 27.0 Å². The number of halogens is 3. The summed E-state index contributed by atoms with van der Waals surface area (Å²) in [5.74, 6) is -3.48. The summed E-state index contributed by atoms with van der Waals surface area (Å²) in [6.45, 7) is 3.38. The number of nitrogens with one attached hydrogen (secondary N) is 3. The molecule has 5 N–H and O–H groups in total. The van der Waals surface area contributed by atoms with Gasteiger partial charge in [0.25, 0.3) is 0 Å². The zero-order valence-electron chi connectivity index (χ0n) is 38.0. The summed E-state index contributed by atoms with van der Waals surface area (Å²) in [6.07, 6.45) is 4.17. The highest BCUT2D eigenvalue weighted by molar-refractivity contribution is 6.34. The molecule has 4 aromatic carbocycles. The normalized spacial score (nSPS) is 21.9. The number of fused-ring (bicyclic) bond motifs is 2. The molecule has 1 aromatic heterocycles. The predicted molar refractivity (Wildman–Crippen MR) is 251 cm³/mol. The quantitative estimate of drug-likeness (QED) is 0.104. The van der Waals surface area contributed by atoms with Crippen molar-refractivity contribution in [3.8, 4) is 22.6 Å². The molecule has 1 saturated carbocycles. The Bertz CT molecular complexity index is 2830. The summed E-state index contributed by atoms with van der Waals surface area (Å²) in [7, 11) is 3.12. The van der Waals surface area contributed by atoms with E-state index in [1.807, 2.05) is 56.4 Å². The maximum atomic E-state index is 16.2. The van der Waals surface area contributed by atoms with Crippen LogP contribution in [0.25, 0.3) is 22.0 Å². The second kappa shape index (κ2) is 18.8. The molecule has 9 rings (SSSR count). The number of nitrogens with zero attached hydrogens (tertiary/aromatic N) is 4. The van der Waals surface area contributed by atoms with Gasteiger partial charge in [-0.25, -0.2) is 13.6 Å². The zero-order valence-corrected chi connectivity index (χ0v) is 38.8. The first-order valence-electron chi connectivity index (χ1n) is 23.0. The third-order valence-corrected chi connectivity index (χ3v) is 14.8. The Balaban J connectivity index is 0.815. The maximum Gasteiger partial charge on any atom is 0.329 e. The second-order valence-corrected chi connectivity index (χ2v) is 18.5. The SMILES string of the molecule is COc1ccc(C(N)=O)c(-c2c(Cl)c(F)cc3c2C(C)C(CNC2CCC(C(=O)NCC(=O)N4CCC(c5cccc6c(N7CCC(=O)NC7=O)nn(C)c56)CC4)CC2)(c2ccccc2)O3)c1F. The Morgan fingerprint density at radius 2 is 1.71 bits per heavy atom. The number of aromatic nitrogens is 2. The van der Waals surface area contributed by atoms with Crippen molar-refractivity contribution in [3.05, 3.63) is 106 Å². The number of amides is 6. The monoisotopic (exact) mass is 950 g/mol. The minimum absolute atomic E-state index is 0.00195. The molecule has 0 bridgehead atoms. The molecule has 0 spiro atoms. The van der Waals surface area contributed by atoms with Crippen molar-refractivity contribution in [2.75, 3.05) is 44.7 Å². The van der Waals surface area contributed by atoms with Gasteiger partial charge in [-0.1, -0.05) is 61.0 Å². The number of urea groups is 1. The fraction of sp³-hybridized carbons (Fsp3) is 0.400. The van der Waals surface area contributed by atoms with Crippen molar-refractivity contribution >= 4 is 58.0 Å². The second-order valence-electron chi connectivity index (χ2n) is 18.2. The van der Waals surface area contributed by atoms with E-state index in [0.717, 1.165) is 34.9 Å². The Labute approximate surface area is 396 Å². The number of piperidine rings is 1. The van der Waals surface area contributed by atoms with Crippen molar-refractivity contribution < 1.29 is 42.2 Å². The van der Waals surface area contributed by atoms with Gasteiger partial charge in [0.2, 0.25) is 23.6 Å². The van der Waals surface area contributed by atoms with E-state index >= 15 is 8.78 Å². The van der Waals surface area contributed by atoms with Crippen molar-refractivity contribution in [2.45, 2.75) is 75.3 Å². The van der Waals surface area contributed by atoms with Crippen molar-refractivity contribution in [1.82, 2.24) is 30.6 Å². The van der Waals surface area contributed by atoms with Crippen molar-refractivity contribution in [1.29, 1.82) is 0 Å². The minimum atomic E-state index is -1.12. The number of rotatable bonds is 12. The highest BCUT2D eigenvalue weighted by Gasteiger charge is 2.50. The van der Waals surface area contributed by atoms with Crippen LogP contribution >= 0.6 is 11.6 Å². The number of hydrogen-bond donors (Lipinski definition) is 4. The summed E-state index contributed by atoms with van der Waals surface area (Å²) in [5.41, 5.74) is 7.31. The summed E-state index contributed by atoms with van der Waals surface area (Å²) in [4.78, 5) is 67.2. The molecule has 3 aliphatic heterocycles. The van der Waals surface area contributed by atoms with Crippen LogP contribution in [0.3, 0.4) is 0 Å². The fourth-order valence-electron chi connectivity index (χ4n) is 10.7. The number of ether oxygens (including phenoxy) is 2. The molecule has 15 nitrogen and oxygen atoms in total. The average molecular weight is 951 g/mol. The van der Waals surface area contributed by atoms with Crippen molar-refractivity contribution in [2.24, 2.45) is 18.7 Å². The number of para-hydroxylation sites is 1. The van der Waals surface area contributed by atoms with Crippen LogP contribution < -0.4 is 36.1 Å². The lowest BCUT2D eigenvalue weighted by atomic mass is 9.77. The number of primary amides is 1. The van der Waals surface area contributed by atoms with E-state index in [1.54, 1.807) is 9.58 Å². The topological polar surface area (TPSA) is 190 Å². The molecule has 4 heterocycles. The highest BCUT2D eigenvalue weighted by Crippen LogP contribution is 2.56. The van der Waals surface area contributed by atoms with Gasteiger partial charge in [-0.2, -0.15) is 5.10 Å². The number of methoxy groups -OCH3 is 1. The van der Waals surface area contributed by atoms with Crippen LogP contribution in [0.2, 0.25) is 5.02 Å². The lowest BCUT2D eigenvalue weighted by molar-refractivity contribution is -0.135.